The van der Waals surface area contributed by atoms with Gasteiger partial charge in [-0.3, -0.25) is 0 Å². The lowest BCUT2D eigenvalue weighted by atomic mass is 10.3. The van der Waals surface area contributed by atoms with Crippen LogP contribution in [0.3, 0.4) is 0 Å². The monoisotopic (exact) mass is 238 g/mol. The molecule has 0 aliphatic carbocycles. The van der Waals surface area contributed by atoms with Crippen LogP contribution >= 0.6 is 0 Å². The second kappa shape index (κ2) is 4.50. The van der Waals surface area contributed by atoms with Crippen LogP contribution in [0.2, 0.25) is 0 Å². The maximum absolute atomic E-state index is 12.5. The zero-order valence-corrected chi connectivity index (χ0v) is 8.35. The quantitative estimate of drug-likeness (QED) is 0.783. The van der Waals surface area contributed by atoms with E-state index in [1.165, 1.54) is 13.0 Å². The molecule has 8 heteroatoms. The lowest BCUT2D eigenvalue weighted by molar-refractivity contribution is -0.117. The van der Waals surface area contributed by atoms with Gasteiger partial charge in [0.1, 0.15) is 17.5 Å². The Kier molecular flexibility index (Phi) is 3.51. The number of nitrogen functional groups attached to an aromatic ring is 1. The fourth-order valence-corrected chi connectivity index (χ4v) is 0.967. The Balaban J connectivity index is 2.68. The average Bonchev–Trinajstić information content (AvgIpc) is 2.13. The first kappa shape index (κ1) is 12.5. The molecule has 0 saturated carbocycles. The van der Waals surface area contributed by atoms with Gasteiger partial charge in [0.15, 0.2) is 0 Å². The van der Waals surface area contributed by atoms with Crippen LogP contribution in [-0.2, 0) is 0 Å². The number of nitrogens with two attached hydrogens (primary N) is 1. The van der Waals surface area contributed by atoms with Crippen LogP contribution in [0.25, 0.3) is 0 Å². The smallest absolute Gasteiger partial charge is 0.324 e. The van der Waals surface area contributed by atoms with Crippen molar-refractivity contribution < 1.29 is 17.6 Å². The van der Waals surface area contributed by atoms with E-state index in [1.54, 1.807) is 0 Å². The Morgan fingerprint density at radius 2 is 2.06 bits per heavy atom. The zero-order chi connectivity index (χ0) is 12.3. The number of halogens is 4. The SMILES string of the molecule is Cc1nc(N)cc(NCC(F)(F)C(F)F)n1. The summed E-state index contributed by atoms with van der Waals surface area (Å²) in [5.74, 6) is -3.77. The van der Waals surface area contributed by atoms with Gasteiger partial charge < -0.3 is 11.1 Å². The van der Waals surface area contributed by atoms with Crippen LogP contribution in [0.15, 0.2) is 6.07 Å². The van der Waals surface area contributed by atoms with E-state index in [0.717, 1.165) is 0 Å². The second-order valence-corrected chi connectivity index (χ2v) is 3.14. The van der Waals surface area contributed by atoms with Crippen molar-refractivity contribution in [1.29, 1.82) is 0 Å². The molecule has 0 saturated heterocycles. The van der Waals surface area contributed by atoms with Crippen LogP contribution < -0.4 is 11.1 Å². The summed E-state index contributed by atoms with van der Waals surface area (Å²) in [5, 5.41) is 2.09. The third-order valence-corrected chi connectivity index (χ3v) is 1.68. The van der Waals surface area contributed by atoms with Crippen molar-refractivity contribution in [1.82, 2.24) is 9.97 Å². The number of alkyl halides is 4. The number of nitrogens with zero attached hydrogens (tertiary/aromatic N) is 2. The zero-order valence-electron chi connectivity index (χ0n) is 8.35. The normalized spacial score (nSPS) is 11.9. The van der Waals surface area contributed by atoms with Crippen molar-refractivity contribution in [2.45, 2.75) is 19.3 Å². The Labute approximate surface area is 88.9 Å². The van der Waals surface area contributed by atoms with Crippen LogP contribution in [0, 0.1) is 6.92 Å². The molecule has 1 aromatic rings. The molecule has 0 aromatic carbocycles. The molecule has 0 aliphatic rings. The molecule has 1 rings (SSSR count). The van der Waals surface area contributed by atoms with Crippen molar-refractivity contribution in [3.63, 3.8) is 0 Å². The highest BCUT2D eigenvalue weighted by molar-refractivity contribution is 5.44. The Morgan fingerprint density at radius 1 is 1.44 bits per heavy atom. The lowest BCUT2D eigenvalue weighted by Gasteiger charge is -2.16. The highest BCUT2D eigenvalue weighted by atomic mass is 19.3. The van der Waals surface area contributed by atoms with Crippen molar-refractivity contribution in [2.75, 3.05) is 17.6 Å². The third-order valence-electron chi connectivity index (χ3n) is 1.68. The summed E-state index contributed by atoms with van der Waals surface area (Å²) in [6.07, 6.45) is -3.72. The fraction of sp³-hybridized carbons (Fsp3) is 0.500. The fourth-order valence-electron chi connectivity index (χ4n) is 0.967. The molecule has 3 N–H and O–H groups in total. The molecule has 0 fully saturated rings. The van der Waals surface area contributed by atoms with Crippen LogP contribution in [0.4, 0.5) is 29.2 Å². The van der Waals surface area contributed by atoms with E-state index in [2.05, 4.69) is 15.3 Å². The van der Waals surface area contributed by atoms with Gasteiger partial charge in [0.2, 0.25) is 0 Å². The maximum atomic E-state index is 12.5. The van der Waals surface area contributed by atoms with Gasteiger partial charge in [0.25, 0.3) is 0 Å². The Bertz CT molecular complexity index is 349. The standard InChI is InChI=1S/C8H10F4N4/c1-4-15-5(13)2-6(16-4)14-3-8(11,12)7(9)10/h2,7H,3H2,1H3,(H3,13,14,15,16). The summed E-state index contributed by atoms with van der Waals surface area (Å²) in [7, 11) is 0. The van der Waals surface area contributed by atoms with E-state index < -0.39 is 18.9 Å². The summed E-state index contributed by atoms with van der Waals surface area (Å²) in [5.41, 5.74) is 5.33. The number of hydrogen-bond donors (Lipinski definition) is 2. The minimum absolute atomic E-state index is 0.00896. The van der Waals surface area contributed by atoms with E-state index >= 15 is 0 Å². The number of hydrogen-bond acceptors (Lipinski definition) is 4. The average molecular weight is 238 g/mol. The maximum Gasteiger partial charge on any atom is 0.324 e. The Hall–Kier alpha value is -1.60. The summed E-state index contributed by atoms with van der Waals surface area (Å²) in [6.45, 7) is 0.299. The van der Waals surface area contributed by atoms with Gasteiger partial charge in [0.05, 0.1) is 6.54 Å². The topological polar surface area (TPSA) is 63.8 Å². The molecule has 90 valence electrons. The van der Waals surface area contributed by atoms with E-state index in [-0.39, 0.29) is 17.5 Å². The molecule has 0 aliphatic heterocycles. The van der Waals surface area contributed by atoms with Crippen molar-refractivity contribution >= 4 is 11.6 Å². The van der Waals surface area contributed by atoms with Gasteiger partial charge in [-0.15, -0.1) is 0 Å². The van der Waals surface area contributed by atoms with E-state index in [4.69, 9.17) is 5.73 Å². The van der Waals surface area contributed by atoms with E-state index in [9.17, 15) is 17.6 Å². The number of nitrogens with one attached hydrogen (secondary N) is 1. The third kappa shape index (κ3) is 3.21. The molecule has 0 unspecified atom stereocenters. The largest absolute Gasteiger partial charge is 0.384 e. The number of aryl methyl sites for hydroxylation is 1. The highest BCUT2D eigenvalue weighted by Gasteiger charge is 2.40. The van der Waals surface area contributed by atoms with Crippen molar-refractivity contribution in [3.8, 4) is 0 Å². The van der Waals surface area contributed by atoms with E-state index in [1.807, 2.05) is 0 Å². The summed E-state index contributed by atoms with van der Waals surface area (Å²) >= 11 is 0. The molecule has 1 aromatic heterocycles. The van der Waals surface area contributed by atoms with Gasteiger partial charge in [-0.2, -0.15) is 8.78 Å². The van der Waals surface area contributed by atoms with Crippen molar-refractivity contribution in [3.05, 3.63) is 11.9 Å². The van der Waals surface area contributed by atoms with Gasteiger partial charge >= 0.3 is 12.3 Å². The van der Waals surface area contributed by atoms with Crippen LogP contribution in [0.5, 0.6) is 0 Å². The molecule has 0 atom stereocenters. The van der Waals surface area contributed by atoms with Gasteiger partial charge in [0, 0.05) is 6.07 Å². The lowest BCUT2D eigenvalue weighted by Crippen LogP contribution is -2.35. The summed E-state index contributed by atoms with van der Waals surface area (Å²) < 4.78 is 48.7. The summed E-state index contributed by atoms with van der Waals surface area (Å²) in [4.78, 5) is 7.42. The first-order valence-corrected chi connectivity index (χ1v) is 4.32. The van der Waals surface area contributed by atoms with Crippen LogP contribution in [-0.4, -0.2) is 28.9 Å². The minimum Gasteiger partial charge on any atom is -0.384 e. The summed E-state index contributed by atoms with van der Waals surface area (Å²) in [6, 6.07) is 1.19. The number of aromatic nitrogens is 2. The first-order valence-electron chi connectivity index (χ1n) is 4.32. The molecule has 0 bridgehead atoms. The molecule has 1 heterocycles. The molecule has 0 spiro atoms. The number of rotatable bonds is 4. The molecule has 16 heavy (non-hydrogen) atoms. The van der Waals surface area contributed by atoms with Gasteiger partial charge in [-0.25, -0.2) is 18.7 Å². The van der Waals surface area contributed by atoms with Gasteiger partial charge in [-0.1, -0.05) is 0 Å². The molecule has 0 amide bonds. The molecular formula is C8H10F4N4. The molecule has 4 nitrogen and oxygen atoms in total. The second-order valence-electron chi connectivity index (χ2n) is 3.14. The van der Waals surface area contributed by atoms with Crippen LogP contribution in [0.1, 0.15) is 5.82 Å². The predicted molar refractivity (Wildman–Crippen MR) is 50.6 cm³/mol. The van der Waals surface area contributed by atoms with Crippen molar-refractivity contribution in [2.24, 2.45) is 0 Å². The minimum atomic E-state index is -4.10. The van der Waals surface area contributed by atoms with E-state index in [0.29, 0.717) is 0 Å². The first-order chi connectivity index (χ1) is 7.31. The Morgan fingerprint density at radius 3 is 2.56 bits per heavy atom. The van der Waals surface area contributed by atoms with Gasteiger partial charge in [-0.05, 0) is 6.92 Å². The highest BCUT2D eigenvalue weighted by Crippen LogP contribution is 2.23. The molecule has 0 radical (unpaired) electrons. The molecular weight excluding hydrogens is 228 g/mol. The number of anilines is 2. The predicted octanol–water partition coefficient (Wildman–Crippen LogP) is 1.68.